The summed E-state index contributed by atoms with van der Waals surface area (Å²) in [6.07, 6.45) is 3.44. The molecule has 0 saturated carbocycles. The summed E-state index contributed by atoms with van der Waals surface area (Å²) in [5.74, 6) is -0.0278. The number of carbonyl (C=O) groups excluding carboxylic acids is 1. The third-order valence-electron chi connectivity index (χ3n) is 1.98. The molecule has 0 radical (unpaired) electrons. The van der Waals surface area contributed by atoms with Gasteiger partial charge in [-0.05, 0) is 11.6 Å². The molecule has 5 nitrogen and oxygen atoms in total. The first-order chi connectivity index (χ1) is 7.83. The SMILES string of the molecule is COCCNCC(=O)NCc1cccnc1. The van der Waals surface area contributed by atoms with Crippen molar-refractivity contribution in [2.45, 2.75) is 6.54 Å². The van der Waals surface area contributed by atoms with Crippen LogP contribution in [-0.2, 0) is 16.1 Å². The van der Waals surface area contributed by atoms with Gasteiger partial charge in [-0.1, -0.05) is 6.07 Å². The van der Waals surface area contributed by atoms with Crippen LogP contribution in [0.2, 0.25) is 0 Å². The van der Waals surface area contributed by atoms with E-state index in [-0.39, 0.29) is 5.91 Å². The first kappa shape index (κ1) is 12.6. The van der Waals surface area contributed by atoms with E-state index in [1.54, 1.807) is 19.5 Å². The zero-order chi connectivity index (χ0) is 11.6. The average molecular weight is 223 g/mol. The first-order valence-corrected chi connectivity index (χ1v) is 5.18. The molecule has 0 unspecified atom stereocenters. The summed E-state index contributed by atoms with van der Waals surface area (Å²) in [6, 6.07) is 3.77. The van der Waals surface area contributed by atoms with Crippen LogP contribution >= 0.6 is 0 Å². The topological polar surface area (TPSA) is 63.2 Å². The van der Waals surface area contributed by atoms with E-state index in [4.69, 9.17) is 4.74 Å². The lowest BCUT2D eigenvalue weighted by Crippen LogP contribution is -2.34. The van der Waals surface area contributed by atoms with Gasteiger partial charge in [0.1, 0.15) is 0 Å². The number of rotatable bonds is 7. The Morgan fingerprint density at radius 1 is 1.56 bits per heavy atom. The van der Waals surface area contributed by atoms with Crippen LogP contribution in [0.5, 0.6) is 0 Å². The molecular weight excluding hydrogens is 206 g/mol. The minimum absolute atomic E-state index is 0.0278. The fourth-order valence-corrected chi connectivity index (χ4v) is 1.14. The van der Waals surface area contributed by atoms with Gasteiger partial charge in [0.15, 0.2) is 0 Å². The van der Waals surface area contributed by atoms with Gasteiger partial charge in [0.25, 0.3) is 0 Å². The van der Waals surface area contributed by atoms with Crippen LogP contribution in [-0.4, -0.2) is 37.7 Å². The molecule has 0 aliphatic heterocycles. The van der Waals surface area contributed by atoms with Gasteiger partial charge >= 0.3 is 0 Å². The Morgan fingerprint density at radius 2 is 2.44 bits per heavy atom. The highest BCUT2D eigenvalue weighted by Gasteiger charge is 1.99. The molecule has 1 aromatic rings. The maximum atomic E-state index is 11.3. The lowest BCUT2D eigenvalue weighted by Gasteiger charge is -2.06. The van der Waals surface area contributed by atoms with Gasteiger partial charge < -0.3 is 15.4 Å². The predicted octanol–water partition coefficient (Wildman–Crippen LogP) is -0.0662. The zero-order valence-electron chi connectivity index (χ0n) is 9.40. The Kier molecular flexibility index (Phi) is 6.13. The maximum absolute atomic E-state index is 11.3. The molecule has 1 amide bonds. The second-order valence-corrected chi connectivity index (χ2v) is 3.31. The monoisotopic (exact) mass is 223 g/mol. The molecular formula is C11H17N3O2. The smallest absolute Gasteiger partial charge is 0.234 e. The largest absolute Gasteiger partial charge is 0.383 e. The third-order valence-corrected chi connectivity index (χ3v) is 1.98. The standard InChI is InChI=1S/C11H17N3O2/c1-16-6-5-13-9-11(15)14-8-10-3-2-4-12-7-10/h2-4,7,13H,5-6,8-9H2,1H3,(H,14,15). The molecule has 0 bridgehead atoms. The van der Waals surface area contributed by atoms with Crippen LogP contribution in [0.3, 0.4) is 0 Å². The number of carbonyl (C=O) groups is 1. The summed E-state index contributed by atoms with van der Waals surface area (Å²) in [5.41, 5.74) is 0.993. The maximum Gasteiger partial charge on any atom is 0.234 e. The van der Waals surface area contributed by atoms with Gasteiger partial charge in [0.05, 0.1) is 13.2 Å². The van der Waals surface area contributed by atoms with Gasteiger partial charge in [-0.3, -0.25) is 9.78 Å². The molecule has 5 heteroatoms. The molecule has 2 N–H and O–H groups in total. The Morgan fingerprint density at radius 3 is 3.12 bits per heavy atom. The van der Waals surface area contributed by atoms with Crippen LogP contribution in [0.15, 0.2) is 24.5 Å². The Labute approximate surface area is 95.2 Å². The summed E-state index contributed by atoms with van der Waals surface area (Å²) in [4.78, 5) is 15.3. The van der Waals surface area contributed by atoms with Gasteiger partial charge in [-0.25, -0.2) is 0 Å². The number of pyridine rings is 1. The average Bonchev–Trinajstić information content (AvgIpc) is 2.33. The van der Waals surface area contributed by atoms with Crippen LogP contribution in [0, 0.1) is 0 Å². The van der Waals surface area contributed by atoms with E-state index < -0.39 is 0 Å². The van der Waals surface area contributed by atoms with Gasteiger partial charge in [0, 0.05) is 32.6 Å². The lowest BCUT2D eigenvalue weighted by atomic mass is 10.3. The van der Waals surface area contributed by atoms with Crippen molar-refractivity contribution < 1.29 is 9.53 Å². The van der Waals surface area contributed by atoms with Crippen LogP contribution in [0.25, 0.3) is 0 Å². The van der Waals surface area contributed by atoms with Crippen molar-refractivity contribution in [1.29, 1.82) is 0 Å². The van der Waals surface area contributed by atoms with Crippen molar-refractivity contribution >= 4 is 5.91 Å². The Bertz CT molecular complexity index is 303. The molecule has 0 spiro atoms. The molecule has 1 heterocycles. The van der Waals surface area contributed by atoms with Crippen LogP contribution in [0.4, 0.5) is 0 Å². The van der Waals surface area contributed by atoms with Gasteiger partial charge in [0.2, 0.25) is 5.91 Å². The van der Waals surface area contributed by atoms with Crippen molar-refractivity contribution in [3.05, 3.63) is 30.1 Å². The summed E-state index contributed by atoms with van der Waals surface area (Å²) >= 11 is 0. The number of nitrogens with zero attached hydrogens (tertiary/aromatic N) is 1. The van der Waals surface area contributed by atoms with E-state index in [1.807, 2.05) is 12.1 Å². The van der Waals surface area contributed by atoms with Crippen LogP contribution < -0.4 is 10.6 Å². The van der Waals surface area contributed by atoms with E-state index in [9.17, 15) is 4.79 Å². The van der Waals surface area contributed by atoms with Crippen molar-refractivity contribution in [1.82, 2.24) is 15.6 Å². The molecule has 0 aromatic carbocycles. The van der Waals surface area contributed by atoms with Crippen molar-refractivity contribution in [2.75, 3.05) is 26.8 Å². The summed E-state index contributed by atoms with van der Waals surface area (Å²) in [6.45, 7) is 2.11. The molecule has 88 valence electrons. The number of nitrogens with one attached hydrogen (secondary N) is 2. The number of ether oxygens (including phenoxy) is 1. The van der Waals surface area contributed by atoms with E-state index in [1.165, 1.54) is 0 Å². The minimum atomic E-state index is -0.0278. The molecule has 1 rings (SSSR count). The minimum Gasteiger partial charge on any atom is -0.383 e. The number of methoxy groups -OCH3 is 1. The highest BCUT2D eigenvalue weighted by molar-refractivity contribution is 5.77. The van der Waals surface area contributed by atoms with Gasteiger partial charge in [-0.15, -0.1) is 0 Å². The highest BCUT2D eigenvalue weighted by Crippen LogP contribution is 1.93. The van der Waals surface area contributed by atoms with E-state index in [0.717, 1.165) is 5.56 Å². The molecule has 0 atom stereocenters. The second-order valence-electron chi connectivity index (χ2n) is 3.31. The lowest BCUT2D eigenvalue weighted by molar-refractivity contribution is -0.120. The van der Waals surface area contributed by atoms with Gasteiger partial charge in [-0.2, -0.15) is 0 Å². The Hall–Kier alpha value is -1.46. The predicted molar refractivity (Wildman–Crippen MR) is 60.8 cm³/mol. The van der Waals surface area contributed by atoms with E-state index in [2.05, 4.69) is 15.6 Å². The van der Waals surface area contributed by atoms with Crippen molar-refractivity contribution in [3.63, 3.8) is 0 Å². The number of amides is 1. The van der Waals surface area contributed by atoms with Crippen molar-refractivity contribution in [3.8, 4) is 0 Å². The first-order valence-electron chi connectivity index (χ1n) is 5.18. The quantitative estimate of drug-likeness (QED) is 0.635. The number of aromatic nitrogens is 1. The number of hydrogen-bond acceptors (Lipinski definition) is 4. The van der Waals surface area contributed by atoms with E-state index >= 15 is 0 Å². The van der Waals surface area contributed by atoms with Crippen molar-refractivity contribution in [2.24, 2.45) is 0 Å². The molecule has 0 aliphatic carbocycles. The normalized spacial score (nSPS) is 10.1. The molecule has 16 heavy (non-hydrogen) atoms. The molecule has 0 saturated heterocycles. The summed E-state index contributed by atoms with van der Waals surface area (Å²) < 4.78 is 4.85. The third kappa shape index (κ3) is 5.43. The zero-order valence-corrected chi connectivity index (χ0v) is 9.40. The van der Waals surface area contributed by atoms with Crippen LogP contribution in [0.1, 0.15) is 5.56 Å². The summed E-state index contributed by atoms with van der Waals surface area (Å²) in [7, 11) is 1.63. The fraction of sp³-hybridized carbons (Fsp3) is 0.455. The Balaban J connectivity index is 2.11. The molecule has 0 fully saturated rings. The fourth-order valence-electron chi connectivity index (χ4n) is 1.14. The number of hydrogen-bond donors (Lipinski definition) is 2. The highest BCUT2D eigenvalue weighted by atomic mass is 16.5. The molecule has 1 aromatic heterocycles. The second kappa shape index (κ2) is 7.78. The summed E-state index contributed by atoms with van der Waals surface area (Å²) in [5, 5.41) is 5.76. The van der Waals surface area contributed by atoms with E-state index in [0.29, 0.717) is 26.2 Å². The molecule has 0 aliphatic rings.